The number of hydrogen-bond donors (Lipinski definition) is 0. The SMILES string of the molecule is COCCOc1cc(N2CC[C@H](C(=O)OC)C2)nc(F)c1-c1cc2nc(C(=O)N3CCc4ccccc4[C@H]3C)cc(C3CC3)n2n1. The van der Waals surface area contributed by atoms with E-state index in [1.807, 2.05) is 28.0 Å². The summed E-state index contributed by atoms with van der Waals surface area (Å²) in [6.07, 6.45) is 3.33. The third-order valence-electron chi connectivity index (χ3n) is 9.30. The van der Waals surface area contributed by atoms with E-state index in [2.05, 4.69) is 24.0 Å². The van der Waals surface area contributed by atoms with Gasteiger partial charge in [0.25, 0.3) is 5.91 Å². The molecule has 240 valence electrons. The first-order valence-electron chi connectivity index (χ1n) is 15.8. The molecule has 0 spiro atoms. The summed E-state index contributed by atoms with van der Waals surface area (Å²) in [5.41, 5.74) is 4.51. The largest absolute Gasteiger partial charge is 0.490 e. The Balaban J connectivity index is 1.25. The molecule has 2 fully saturated rings. The van der Waals surface area contributed by atoms with Crippen LogP contribution in [-0.2, 0) is 20.7 Å². The average molecular weight is 629 g/mol. The monoisotopic (exact) mass is 628 g/mol. The van der Waals surface area contributed by atoms with E-state index in [-0.39, 0.29) is 47.7 Å². The van der Waals surface area contributed by atoms with Crippen molar-refractivity contribution in [2.45, 2.75) is 44.6 Å². The predicted octanol–water partition coefficient (Wildman–Crippen LogP) is 4.59. The second kappa shape index (κ2) is 12.3. The minimum Gasteiger partial charge on any atom is -0.490 e. The van der Waals surface area contributed by atoms with Gasteiger partial charge >= 0.3 is 5.97 Å². The molecule has 0 bridgehead atoms. The van der Waals surface area contributed by atoms with Crippen molar-refractivity contribution in [3.63, 3.8) is 0 Å². The van der Waals surface area contributed by atoms with E-state index in [0.29, 0.717) is 55.5 Å². The van der Waals surface area contributed by atoms with Crippen molar-refractivity contribution in [3.8, 4) is 17.0 Å². The Morgan fingerprint density at radius 2 is 1.85 bits per heavy atom. The van der Waals surface area contributed by atoms with Gasteiger partial charge < -0.3 is 24.0 Å². The van der Waals surface area contributed by atoms with Crippen LogP contribution in [0.15, 0.2) is 42.5 Å². The van der Waals surface area contributed by atoms with Crippen molar-refractivity contribution in [1.29, 1.82) is 0 Å². The normalized spacial score (nSPS) is 19.4. The fraction of sp³-hybridized carbons (Fsp3) is 0.441. The van der Waals surface area contributed by atoms with Crippen molar-refractivity contribution in [2.75, 3.05) is 52.0 Å². The average Bonchev–Trinajstić information content (AvgIpc) is 3.63. The lowest BCUT2D eigenvalue weighted by Crippen LogP contribution is -2.39. The van der Waals surface area contributed by atoms with Crippen molar-refractivity contribution in [3.05, 3.63) is 70.9 Å². The number of carbonyl (C=O) groups excluding carboxylic acids is 2. The maximum absolute atomic E-state index is 16.0. The minimum atomic E-state index is -0.750. The van der Waals surface area contributed by atoms with Crippen LogP contribution < -0.4 is 9.64 Å². The van der Waals surface area contributed by atoms with Crippen molar-refractivity contribution in [2.24, 2.45) is 5.92 Å². The second-order valence-electron chi connectivity index (χ2n) is 12.2. The van der Waals surface area contributed by atoms with Crippen molar-refractivity contribution >= 4 is 23.3 Å². The van der Waals surface area contributed by atoms with Crippen LogP contribution in [-0.4, -0.2) is 83.4 Å². The Morgan fingerprint density at radius 3 is 2.63 bits per heavy atom. The number of methoxy groups -OCH3 is 2. The van der Waals surface area contributed by atoms with Gasteiger partial charge in [0, 0.05) is 50.5 Å². The number of carbonyl (C=O) groups is 2. The number of benzene rings is 1. The number of pyridine rings is 1. The molecule has 1 amide bonds. The number of nitrogens with zero attached hydrogens (tertiary/aromatic N) is 6. The molecule has 1 aliphatic carbocycles. The Labute approximate surface area is 266 Å². The van der Waals surface area contributed by atoms with E-state index < -0.39 is 5.95 Å². The molecule has 46 heavy (non-hydrogen) atoms. The molecular formula is C34H37FN6O5. The molecule has 2 aliphatic heterocycles. The van der Waals surface area contributed by atoms with E-state index in [1.54, 1.807) is 23.8 Å². The number of aromatic nitrogens is 4. The maximum Gasteiger partial charge on any atom is 0.310 e. The highest BCUT2D eigenvalue weighted by molar-refractivity contribution is 5.93. The first-order valence-corrected chi connectivity index (χ1v) is 15.8. The van der Waals surface area contributed by atoms with Crippen LogP contribution >= 0.6 is 0 Å². The van der Waals surface area contributed by atoms with E-state index in [4.69, 9.17) is 24.3 Å². The maximum atomic E-state index is 16.0. The number of amides is 1. The fourth-order valence-electron chi connectivity index (χ4n) is 6.65. The van der Waals surface area contributed by atoms with Crippen LogP contribution in [0.25, 0.3) is 16.9 Å². The van der Waals surface area contributed by atoms with Gasteiger partial charge in [-0.2, -0.15) is 9.49 Å². The molecule has 0 radical (unpaired) electrons. The third kappa shape index (κ3) is 5.55. The second-order valence-corrected chi connectivity index (χ2v) is 12.2. The standard InChI is InChI=1S/C34H37FN6O5/c1-20-24-7-5-4-6-21(24)11-13-40(20)33(42)26-16-27(22-8-9-22)41-30(36-26)17-25(38-41)31-28(46-15-14-44-2)18-29(37-32(31)35)39-12-10-23(19-39)34(43)45-3/h4-7,16-18,20,22-23H,8-15,19H2,1-3H3/t20-,23+/m1/s1. The molecule has 4 aromatic rings. The first kappa shape index (κ1) is 30.1. The summed E-state index contributed by atoms with van der Waals surface area (Å²) in [4.78, 5) is 38.8. The van der Waals surface area contributed by atoms with Crippen LogP contribution in [0.5, 0.6) is 5.75 Å². The van der Waals surface area contributed by atoms with Gasteiger partial charge in [0.2, 0.25) is 5.95 Å². The van der Waals surface area contributed by atoms with Gasteiger partial charge in [-0.05, 0) is 49.8 Å². The molecule has 1 saturated heterocycles. The summed E-state index contributed by atoms with van der Waals surface area (Å²) in [5, 5.41) is 4.79. The summed E-state index contributed by atoms with van der Waals surface area (Å²) < 4.78 is 33.8. The van der Waals surface area contributed by atoms with Crippen molar-refractivity contribution in [1.82, 2.24) is 24.5 Å². The molecule has 7 rings (SSSR count). The van der Waals surface area contributed by atoms with Gasteiger partial charge in [0.15, 0.2) is 5.65 Å². The summed E-state index contributed by atoms with van der Waals surface area (Å²) >= 11 is 0. The Kier molecular flexibility index (Phi) is 8.06. The van der Waals surface area contributed by atoms with Gasteiger partial charge in [-0.25, -0.2) is 14.5 Å². The summed E-state index contributed by atoms with van der Waals surface area (Å²) in [5.74, 6) is -0.620. The lowest BCUT2D eigenvalue weighted by atomic mass is 9.93. The van der Waals surface area contributed by atoms with Crippen LogP contribution in [0, 0.1) is 11.9 Å². The summed E-state index contributed by atoms with van der Waals surface area (Å²) in [7, 11) is 2.93. The number of ether oxygens (including phenoxy) is 3. The predicted molar refractivity (Wildman–Crippen MR) is 167 cm³/mol. The quantitative estimate of drug-likeness (QED) is 0.149. The molecule has 1 saturated carbocycles. The van der Waals surface area contributed by atoms with Gasteiger partial charge in [-0.3, -0.25) is 9.59 Å². The Morgan fingerprint density at radius 1 is 1.02 bits per heavy atom. The molecule has 3 aromatic heterocycles. The fourth-order valence-corrected chi connectivity index (χ4v) is 6.65. The van der Waals surface area contributed by atoms with Crippen molar-refractivity contribution < 1.29 is 28.2 Å². The highest BCUT2D eigenvalue weighted by Gasteiger charge is 2.34. The van der Waals surface area contributed by atoms with E-state index in [0.717, 1.165) is 30.5 Å². The van der Waals surface area contributed by atoms with Crippen LogP contribution in [0.3, 0.4) is 0 Å². The number of esters is 1. The van der Waals surface area contributed by atoms with Gasteiger partial charge in [0.1, 0.15) is 29.6 Å². The third-order valence-corrected chi connectivity index (χ3v) is 9.30. The lowest BCUT2D eigenvalue weighted by molar-refractivity contribution is -0.144. The van der Waals surface area contributed by atoms with E-state index >= 15 is 4.39 Å². The molecule has 11 nitrogen and oxygen atoms in total. The molecule has 1 aromatic carbocycles. The molecule has 2 atom stereocenters. The first-order chi connectivity index (χ1) is 22.4. The Bertz CT molecular complexity index is 1810. The topological polar surface area (TPSA) is 111 Å². The van der Waals surface area contributed by atoms with Crippen LogP contribution in [0.2, 0.25) is 0 Å². The number of hydrogen-bond acceptors (Lipinski definition) is 9. The number of fused-ring (bicyclic) bond motifs is 2. The molecule has 12 heteroatoms. The summed E-state index contributed by atoms with van der Waals surface area (Å²) in [6.45, 7) is 4.05. The number of rotatable bonds is 9. The van der Waals surface area contributed by atoms with Crippen LogP contribution in [0.4, 0.5) is 10.2 Å². The zero-order valence-electron chi connectivity index (χ0n) is 26.2. The highest BCUT2D eigenvalue weighted by Crippen LogP contribution is 2.42. The number of halogens is 1. The molecule has 0 unspecified atom stereocenters. The molecular weight excluding hydrogens is 591 g/mol. The molecule has 0 N–H and O–H groups in total. The van der Waals surface area contributed by atoms with Gasteiger partial charge in [0.05, 0.1) is 31.2 Å². The van der Waals surface area contributed by atoms with E-state index in [1.165, 1.54) is 12.7 Å². The Hall–Kier alpha value is -4.58. The van der Waals surface area contributed by atoms with Gasteiger partial charge in [-0.1, -0.05) is 24.3 Å². The summed E-state index contributed by atoms with van der Waals surface area (Å²) in [6, 6.07) is 13.4. The van der Waals surface area contributed by atoms with E-state index in [9.17, 15) is 9.59 Å². The van der Waals surface area contributed by atoms with Gasteiger partial charge in [-0.15, -0.1) is 0 Å². The molecule has 5 heterocycles. The number of anilines is 1. The molecule has 3 aliphatic rings. The lowest BCUT2D eigenvalue weighted by Gasteiger charge is -2.35. The highest BCUT2D eigenvalue weighted by atomic mass is 19.1. The smallest absolute Gasteiger partial charge is 0.310 e. The van der Waals surface area contributed by atoms with Crippen LogP contribution in [0.1, 0.15) is 65.5 Å². The zero-order chi connectivity index (χ0) is 31.9. The minimum absolute atomic E-state index is 0.0793. The zero-order valence-corrected chi connectivity index (χ0v) is 26.2.